The zero-order valence-corrected chi connectivity index (χ0v) is 16.1. The Morgan fingerprint density at radius 2 is 2.04 bits per heavy atom. The van der Waals surface area contributed by atoms with Gasteiger partial charge in [0.1, 0.15) is 5.82 Å². The summed E-state index contributed by atoms with van der Waals surface area (Å²) in [7, 11) is 2.10. The van der Waals surface area contributed by atoms with E-state index in [-0.39, 0.29) is 11.2 Å². The number of halogens is 1. The number of hydrogen-bond donors (Lipinski definition) is 1. The van der Waals surface area contributed by atoms with Crippen molar-refractivity contribution in [1.82, 2.24) is 10.2 Å². The van der Waals surface area contributed by atoms with Crippen LogP contribution in [0, 0.1) is 11.7 Å². The smallest absolute Gasteiger partial charge is 0.193 e. The summed E-state index contributed by atoms with van der Waals surface area (Å²) >= 11 is 0. The number of hydrogen-bond acceptors (Lipinski definition) is 2. The predicted octanol–water partition coefficient (Wildman–Crippen LogP) is 3.57. The van der Waals surface area contributed by atoms with E-state index >= 15 is 0 Å². The molecule has 4 nitrogen and oxygen atoms in total. The van der Waals surface area contributed by atoms with Gasteiger partial charge in [-0.1, -0.05) is 18.2 Å². The van der Waals surface area contributed by atoms with Crippen molar-refractivity contribution >= 4 is 5.96 Å². The molecule has 0 unspecified atom stereocenters. The molecule has 1 saturated heterocycles. The van der Waals surface area contributed by atoms with Crippen molar-refractivity contribution in [1.29, 1.82) is 0 Å². The van der Waals surface area contributed by atoms with Gasteiger partial charge >= 0.3 is 0 Å². The van der Waals surface area contributed by atoms with Gasteiger partial charge in [-0.2, -0.15) is 0 Å². The average Bonchev–Trinajstić information content (AvgIpc) is 3.45. The fourth-order valence-corrected chi connectivity index (χ4v) is 3.77. The van der Waals surface area contributed by atoms with E-state index in [2.05, 4.69) is 24.2 Å². The topological polar surface area (TPSA) is 36.9 Å². The maximum absolute atomic E-state index is 14.2. The molecule has 144 valence electrons. The van der Waals surface area contributed by atoms with Gasteiger partial charge in [-0.25, -0.2) is 4.39 Å². The third-order valence-electron chi connectivity index (χ3n) is 5.74. The zero-order valence-electron chi connectivity index (χ0n) is 16.1. The van der Waals surface area contributed by atoms with E-state index in [4.69, 9.17) is 9.73 Å². The molecule has 1 aromatic rings. The normalized spacial score (nSPS) is 20.0. The number of aliphatic imine (C=N–C) groups is 1. The van der Waals surface area contributed by atoms with E-state index in [1.54, 1.807) is 12.1 Å². The van der Waals surface area contributed by atoms with Crippen LogP contribution in [0.4, 0.5) is 4.39 Å². The van der Waals surface area contributed by atoms with Crippen LogP contribution in [0.25, 0.3) is 0 Å². The molecule has 1 heterocycles. The molecule has 0 aromatic heterocycles. The van der Waals surface area contributed by atoms with Crippen LogP contribution in [-0.2, 0) is 10.2 Å². The third-order valence-corrected chi connectivity index (χ3v) is 5.74. The Kier molecular flexibility index (Phi) is 6.52. The molecule has 1 aromatic carbocycles. The number of ether oxygens (including phenoxy) is 1. The minimum atomic E-state index is -0.104. The van der Waals surface area contributed by atoms with Gasteiger partial charge in [-0.05, 0) is 56.6 Å². The highest BCUT2D eigenvalue weighted by Gasteiger charge is 2.45. The second-order valence-electron chi connectivity index (χ2n) is 7.70. The lowest BCUT2D eigenvalue weighted by Gasteiger charge is -2.27. The molecule has 3 rings (SSSR count). The van der Waals surface area contributed by atoms with Crippen molar-refractivity contribution in [3.63, 3.8) is 0 Å². The Labute approximate surface area is 156 Å². The van der Waals surface area contributed by atoms with Gasteiger partial charge in [0.05, 0.1) is 6.54 Å². The number of benzene rings is 1. The standard InChI is InChI=1S/C21H32FN3O/c1-3-23-20(25(2)13-8-17-9-14-26-15-10-17)24-16-21(11-12-21)18-6-4-5-7-19(18)22/h4-7,17H,3,8-16H2,1-2H3,(H,23,24). The molecular weight excluding hydrogens is 329 g/mol. The van der Waals surface area contributed by atoms with E-state index in [1.807, 2.05) is 12.1 Å². The molecule has 0 spiro atoms. The van der Waals surface area contributed by atoms with Crippen molar-refractivity contribution in [2.24, 2.45) is 10.9 Å². The molecule has 0 atom stereocenters. The minimum absolute atomic E-state index is 0.0990. The lowest BCUT2D eigenvalue weighted by atomic mass is 9.95. The Hall–Kier alpha value is -1.62. The molecule has 1 aliphatic heterocycles. The SMILES string of the molecule is CCNC(=NCC1(c2ccccc2F)CC1)N(C)CCC1CCOCC1. The van der Waals surface area contributed by atoms with Crippen LogP contribution in [0.3, 0.4) is 0 Å². The van der Waals surface area contributed by atoms with Gasteiger partial charge in [-0.15, -0.1) is 0 Å². The van der Waals surface area contributed by atoms with Crippen LogP contribution in [0.1, 0.15) is 44.6 Å². The number of rotatable bonds is 7. The summed E-state index contributed by atoms with van der Waals surface area (Å²) in [5.74, 6) is 1.59. The van der Waals surface area contributed by atoms with E-state index in [1.165, 1.54) is 6.42 Å². The van der Waals surface area contributed by atoms with Crippen LogP contribution < -0.4 is 5.32 Å². The summed E-state index contributed by atoms with van der Waals surface area (Å²) < 4.78 is 19.6. The van der Waals surface area contributed by atoms with Gasteiger partial charge in [-0.3, -0.25) is 4.99 Å². The Morgan fingerprint density at radius 1 is 1.31 bits per heavy atom. The molecule has 0 radical (unpaired) electrons. The molecule has 1 N–H and O–H groups in total. The minimum Gasteiger partial charge on any atom is -0.381 e. The van der Waals surface area contributed by atoms with Crippen LogP contribution in [-0.4, -0.2) is 50.8 Å². The van der Waals surface area contributed by atoms with Gasteiger partial charge in [0, 0.05) is 38.8 Å². The summed E-state index contributed by atoms with van der Waals surface area (Å²) in [5, 5.41) is 3.39. The molecule has 0 bridgehead atoms. The second-order valence-corrected chi connectivity index (χ2v) is 7.70. The Bertz CT molecular complexity index is 609. The lowest BCUT2D eigenvalue weighted by molar-refractivity contribution is 0.0625. The maximum Gasteiger partial charge on any atom is 0.193 e. The van der Waals surface area contributed by atoms with Crippen molar-refractivity contribution in [2.45, 2.75) is 44.4 Å². The first kappa shape index (κ1) is 19.2. The summed E-state index contributed by atoms with van der Waals surface area (Å²) in [6.07, 6.45) is 5.53. The Balaban J connectivity index is 1.60. The maximum atomic E-state index is 14.2. The van der Waals surface area contributed by atoms with Gasteiger partial charge in [0.15, 0.2) is 5.96 Å². The molecule has 2 aliphatic rings. The van der Waals surface area contributed by atoms with Crippen molar-refractivity contribution < 1.29 is 9.13 Å². The largest absolute Gasteiger partial charge is 0.381 e. The van der Waals surface area contributed by atoms with Gasteiger partial charge in [0.2, 0.25) is 0 Å². The second kappa shape index (κ2) is 8.85. The van der Waals surface area contributed by atoms with Crippen LogP contribution in [0.5, 0.6) is 0 Å². The predicted molar refractivity (Wildman–Crippen MR) is 104 cm³/mol. The van der Waals surface area contributed by atoms with Crippen LogP contribution >= 0.6 is 0 Å². The molecular formula is C21H32FN3O. The highest BCUT2D eigenvalue weighted by Crippen LogP contribution is 2.49. The molecule has 5 heteroatoms. The summed E-state index contributed by atoms with van der Waals surface area (Å²) in [6, 6.07) is 7.16. The molecule has 26 heavy (non-hydrogen) atoms. The first-order valence-corrected chi connectivity index (χ1v) is 9.97. The fourth-order valence-electron chi connectivity index (χ4n) is 3.77. The quantitative estimate of drug-likeness (QED) is 0.596. The van der Waals surface area contributed by atoms with Crippen molar-refractivity contribution in [3.05, 3.63) is 35.6 Å². The molecule has 1 aliphatic carbocycles. The van der Waals surface area contributed by atoms with E-state index in [9.17, 15) is 4.39 Å². The molecule has 2 fully saturated rings. The number of guanidine groups is 1. The molecule has 0 amide bonds. The summed E-state index contributed by atoms with van der Waals surface area (Å²) in [6.45, 7) is 6.36. The third kappa shape index (κ3) is 4.76. The van der Waals surface area contributed by atoms with Crippen LogP contribution in [0.2, 0.25) is 0 Å². The zero-order chi connectivity index (χ0) is 18.4. The van der Waals surface area contributed by atoms with Crippen molar-refractivity contribution in [3.8, 4) is 0 Å². The van der Waals surface area contributed by atoms with Gasteiger partial charge < -0.3 is 15.0 Å². The monoisotopic (exact) mass is 361 g/mol. The fraction of sp³-hybridized carbons (Fsp3) is 0.667. The highest BCUT2D eigenvalue weighted by molar-refractivity contribution is 5.79. The first-order chi connectivity index (χ1) is 12.6. The summed E-state index contributed by atoms with van der Waals surface area (Å²) in [5.41, 5.74) is 0.720. The number of nitrogens with one attached hydrogen (secondary N) is 1. The average molecular weight is 362 g/mol. The van der Waals surface area contributed by atoms with Crippen LogP contribution in [0.15, 0.2) is 29.3 Å². The van der Waals surface area contributed by atoms with Crippen molar-refractivity contribution in [2.75, 3.05) is 39.9 Å². The Morgan fingerprint density at radius 3 is 2.69 bits per heavy atom. The summed E-state index contributed by atoms with van der Waals surface area (Å²) in [4.78, 5) is 7.09. The lowest BCUT2D eigenvalue weighted by Crippen LogP contribution is -2.40. The first-order valence-electron chi connectivity index (χ1n) is 9.97. The van der Waals surface area contributed by atoms with E-state index < -0.39 is 0 Å². The number of nitrogens with zero attached hydrogens (tertiary/aromatic N) is 2. The van der Waals surface area contributed by atoms with E-state index in [0.717, 1.165) is 69.4 Å². The molecule has 1 saturated carbocycles. The highest BCUT2D eigenvalue weighted by atomic mass is 19.1. The van der Waals surface area contributed by atoms with Gasteiger partial charge in [0.25, 0.3) is 0 Å². The van der Waals surface area contributed by atoms with E-state index in [0.29, 0.717) is 6.54 Å².